The van der Waals surface area contributed by atoms with Gasteiger partial charge in [0.1, 0.15) is 0 Å². The lowest BCUT2D eigenvalue weighted by atomic mass is 10.2. The largest absolute Gasteiger partial charge is 0.336 e. The van der Waals surface area contributed by atoms with Crippen molar-refractivity contribution in [2.45, 2.75) is 32.9 Å². The summed E-state index contributed by atoms with van der Waals surface area (Å²) in [6, 6.07) is 9.98. The second-order valence-corrected chi connectivity index (χ2v) is 3.62. The smallest absolute Gasteiger partial charge is 0.315 e. The van der Waals surface area contributed by atoms with Crippen LogP contribution in [0.1, 0.15) is 25.8 Å². The molecule has 2 N–H and O–H groups in total. The number of carbonyl (C=O) groups is 1. The van der Waals surface area contributed by atoms with Crippen LogP contribution >= 0.6 is 0 Å². The van der Waals surface area contributed by atoms with E-state index in [4.69, 9.17) is 0 Å². The maximum Gasteiger partial charge on any atom is 0.315 e. The van der Waals surface area contributed by atoms with Crippen molar-refractivity contribution in [1.29, 1.82) is 0 Å². The molecule has 0 saturated heterocycles. The normalized spacial score (nSPS) is 11.9. The summed E-state index contributed by atoms with van der Waals surface area (Å²) in [6.07, 6.45) is 0.943. The summed E-state index contributed by atoms with van der Waals surface area (Å²) in [5.41, 5.74) is 1.11. The summed E-state index contributed by atoms with van der Waals surface area (Å²) < 4.78 is 0. The molecule has 0 spiro atoms. The van der Waals surface area contributed by atoms with Gasteiger partial charge in [-0.25, -0.2) is 4.79 Å². The molecule has 15 heavy (non-hydrogen) atoms. The molecule has 0 aliphatic carbocycles. The molecule has 1 aromatic carbocycles. The van der Waals surface area contributed by atoms with Crippen molar-refractivity contribution in [2.24, 2.45) is 0 Å². The van der Waals surface area contributed by atoms with Crippen LogP contribution in [0.25, 0.3) is 0 Å². The van der Waals surface area contributed by atoms with Gasteiger partial charge < -0.3 is 10.6 Å². The first-order valence-corrected chi connectivity index (χ1v) is 5.30. The van der Waals surface area contributed by atoms with Crippen LogP contribution < -0.4 is 10.6 Å². The molecule has 0 bridgehead atoms. The Bertz CT molecular complexity index is 298. The number of hydrogen-bond donors (Lipinski definition) is 2. The zero-order valence-electron chi connectivity index (χ0n) is 9.29. The van der Waals surface area contributed by atoms with E-state index in [1.165, 1.54) is 0 Å². The Morgan fingerprint density at radius 2 is 2.00 bits per heavy atom. The summed E-state index contributed by atoms with van der Waals surface area (Å²) in [5, 5.41) is 5.66. The Balaban J connectivity index is 2.29. The van der Waals surface area contributed by atoms with E-state index in [2.05, 4.69) is 10.6 Å². The van der Waals surface area contributed by atoms with Gasteiger partial charge in [-0.15, -0.1) is 0 Å². The molecule has 0 fully saturated rings. The van der Waals surface area contributed by atoms with Gasteiger partial charge in [-0.05, 0) is 18.9 Å². The van der Waals surface area contributed by atoms with E-state index >= 15 is 0 Å². The molecule has 0 heterocycles. The average molecular weight is 206 g/mol. The van der Waals surface area contributed by atoms with Crippen LogP contribution in [0.4, 0.5) is 4.79 Å². The fraction of sp³-hybridized carbons (Fsp3) is 0.417. The molecule has 0 aliphatic heterocycles. The highest BCUT2D eigenvalue weighted by atomic mass is 16.2. The van der Waals surface area contributed by atoms with Crippen molar-refractivity contribution in [3.8, 4) is 0 Å². The summed E-state index contributed by atoms with van der Waals surface area (Å²) >= 11 is 0. The van der Waals surface area contributed by atoms with Gasteiger partial charge in [0.2, 0.25) is 0 Å². The fourth-order valence-corrected chi connectivity index (χ4v) is 1.16. The van der Waals surface area contributed by atoms with Crippen LogP contribution in [0, 0.1) is 0 Å². The summed E-state index contributed by atoms with van der Waals surface area (Å²) in [5.74, 6) is 0. The van der Waals surface area contributed by atoms with Crippen molar-refractivity contribution < 1.29 is 4.79 Å². The van der Waals surface area contributed by atoms with E-state index in [9.17, 15) is 4.79 Å². The standard InChI is InChI=1S/C12H18N2O/c1-3-10(2)14-12(15)13-9-11-7-5-4-6-8-11/h4-8,10H,3,9H2,1-2H3,(H2,13,14,15). The Kier molecular flexibility index (Phi) is 4.68. The highest BCUT2D eigenvalue weighted by Crippen LogP contribution is 1.97. The lowest BCUT2D eigenvalue weighted by molar-refractivity contribution is 0.237. The number of amides is 2. The lowest BCUT2D eigenvalue weighted by Gasteiger charge is -2.12. The first kappa shape index (κ1) is 11.6. The van der Waals surface area contributed by atoms with Gasteiger partial charge in [-0.3, -0.25) is 0 Å². The average Bonchev–Trinajstić information content (AvgIpc) is 2.27. The number of rotatable bonds is 4. The van der Waals surface area contributed by atoms with E-state index < -0.39 is 0 Å². The molecule has 3 nitrogen and oxygen atoms in total. The first-order chi connectivity index (χ1) is 7.22. The van der Waals surface area contributed by atoms with Crippen molar-refractivity contribution in [2.75, 3.05) is 0 Å². The first-order valence-electron chi connectivity index (χ1n) is 5.30. The van der Waals surface area contributed by atoms with E-state index in [1.54, 1.807) is 0 Å². The molecule has 1 unspecified atom stereocenters. The molecule has 0 radical (unpaired) electrons. The van der Waals surface area contributed by atoms with E-state index in [1.807, 2.05) is 44.2 Å². The third-order valence-corrected chi connectivity index (χ3v) is 2.29. The number of urea groups is 1. The van der Waals surface area contributed by atoms with Crippen LogP contribution in [0.5, 0.6) is 0 Å². The molecular weight excluding hydrogens is 188 g/mol. The summed E-state index contributed by atoms with van der Waals surface area (Å²) in [4.78, 5) is 11.4. The molecule has 1 atom stereocenters. The number of nitrogens with one attached hydrogen (secondary N) is 2. The molecule has 1 rings (SSSR count). The van der Waals surface area contributed by atoms with Gasteiger partial charge in [0.25, 0.3) is 0 Å². The van der Waals surface area contributed by atoms with Crippen molar-refractivity contribution in [3.05, 3.63) is 35.9 Å². The van der Waals surface area contributed by atoms with E-state index in [0.717, 1.165) is 12.0 Å². The monoisotopic (exact) mass is 206 g/mol. The van der Waals surface area contributed by atoms with Crippen molar-refractivity contribution in [3.63, 3.8) is 0 Å². The molecular formula is C12H18N2O. The Morgan fingerprint density at radius 3 is 2.60 bits per heavy atom. The quantitative estimate of drug-likeness (QED) is 0.779. The SMILES string of the molecule is CCC(C)NC(=O)NCc1ccccc1. The summed E-state index contributed by atoms with van der Waals surface area (Å²) in [6.45, 7) is 4.60. The fourth-order valence-electron chi connectivity index (χ4n) is 1.16. The van der Waals surface area contributed by atoms with Gasteiger partial charge in [0.05, 0.1) is 0 Å². The molecule has 0 saturated carbocycles. The lowest BCUT2D eigenvalue weighted by Crippen LogP contribution is -2.40. The maximum atomic E-state index is 11.4. The predicted molar refractivity (Wildman–Crippen MR) is 61.6 cm³/mol. The van der Waals surface area contributed by atoms with Crippen LogP contribution in [-0.4, -0.2) is 12.1 Å². The minimum Gasteiger partial charge on any atom is -0.336 e. The Morgan fingerprint density at radius 1 is 1.33 bits per heavy atom. The topological polar surface area (TPSA) is 41.1 Å². The van der Waals surface area contributed by atoms with Gasteiger partial charge in [0, 0.05) is 12.6 Å². The van der Waals surface area contributed by atoms with Crippen LogP contribution in [0.15, 0.2) is 30.3 Å². The second-order valence-electron chi connectivity index (χ2n) is 3.62. The zero-order chi connectivity index (χ0) is 11.1. The predicted octanol–water partition coefficient (Wildman–Crippen LogP) is 2.28. The number of benzene rings is 1. The Labute approximate surface area is 90.9 Å². The van der Waals surface area contributed by atoms with Crippen molar-refractivity contribution in [1.82, 2.24) is 10.6 Å². The van der Waals surface area contributed by atoms with Crippen LogP contribution in [0.2, 0.25) is 0 Å². The molecule has 0 aliphatic rings. The summed E-state index contributed by atoms with van der Waals surface area (Å²) in [7, 11) is 0. The number of hydrogen-bond acceptors (Lipinski definition) is 1. The van der Waals surface area contributed by atoms with Crippen LogP contribution in [-0.2, 0) is 6.54 Å². The van der Waals surface area contributed by atoms with Gasteiger partial charge in [0.15, 0.2) is 0 Å². The molecule has 1 aromatic rings. The number of carbonyl (C=O) groups excluding carboxylic acids is 1. The Hall–Kier alpha value is -1.51. The minimum atomic E-state index is -0.104. The van der Waals surface area contributed by atoms with Crippen molar-refractivity contribution >= 4 is 6.03 Å². The second kappa shape index (κ2) is 6.06. The zero-order valence-corrected chi connectivity index (χ0v) is 9.29. The van der Waals surface area contributed by atoms with Gasteiger partial charge in [-0.1, -0.05) is 37.3 Å². The van der Waals surface area contributed by atoms with Gasteiger partial charge in [-0.2, -0.15) is 0 Å². The molecule has 3 heteroatoms. The van der Waals surface area contributed by atoms with Gasteiger partial charge >= 0.3 is 6.03 Å². The third-order valence-electron chi connectivity index (χ3n) is 2.29. The van der Waals surface area contributed by atoms with E-state index in [-0.39, 0.29) is 12.1 Å². The third kappa shape index (κ3) is 4.49. The maximum absolute atomic E-state index is 11.4. The van der Waals surface area contributed by atoms with E-state index in [0.29, 0.717) is 6.54 Å². The molecule has 2 amide bonds. The molecule has 82 valence electrons. The molecule has 0 aromatic heterocycles. The minimum absolute atomic E-state index is 0.104. The van der Waals surface area contributed by atoms with Crippen LogP contribution in [0.3, 0.4) is 0 Å². The highest BCUT2D eigenvalue weighted by molar-refractivity contribution is 5.74. The highest BCUT2D eigenvalue weighted by Gasteiger charge is 2.03.